The Labute approximate surface area is 188 Å². The fraction of sp³-hybridized carbons (Fsp3) is 0.414. The van der Waals surface area contributed by atoms with Gasteiger partial charge in [0, 0.05) is 17.3 Å². The number of benzene rings is 2. The molecule has 5 rings (SSSR count). The molecule has 2 fully saturated rings. The van der Waals surface area contributed by atoms with E-state index in [1.807, 2.05) is 12.3 Å². The molecule has 1 aromatic heterocycles. The van der Waals surface area contributed by atoms with Crippen LogP contribution in [0.1, 0.15) is 63.4 Å². The summed E-state index contributed by atoms with van der Waals surface area (Å²) >= 11 is 0. The van der Waals surface area contributed by atoms with Crippen molar-refractivity contribution in [1.82, 2.24) is 4.98 Å². The van der Waals surface area contributed by atoms with Gasteiger partial charge in [0.15, 0.2) is 0 Å². The summed E-state index contributed by atoms with van der Waals surface area (Å²) < 4.78 is 0. The fourth-order valence-corrected chi connectivity index (χ4v) is 6.05. The first-order valence-electron chi connectivity index (χ1n) is 12.3. The van der Waals surface area contributed by atoms with Crippen molar-refractivity contribution in [2.45, 2.75) is 63.1 Å². The third-order valence-corrected chi connectivity index (χ3v) is 8.20. The van der Waals surface area contributed by atoms with Crippen LogP contribution in [0, 0.1) is 11.8 Å². The highest BCUT2D eigenvalue weighted by Crippen LogP contribution is 2.45. The second kappa shape index (κ2) is 9.03. The molecule has 2 heteroatoms. The van der Waals surface area contributed by atoms with Crippen LogP contribution in [0.15, 0.2) is 72.9 Å². The molecule has 3 aromatic rings. The normalized spacial score (nSPS) is 24.7. The Morgan fingerprint density at radius 1 is 0.645 bits per heavy atom. The Morgan fingerprint density at radius 3 is 1.94 bits per heavy atom. The van der Waals surface area contributed by atoms with Gasteiger partial charge in [0.25, 0.3) is 0 Å². The first-order valence-corrected chi connectivity index (χ1v) is 12.3. The highest BCUT2D eigenvalue weighted by Gasteiger charge is 2.35. The van der Waals surface area contributed by atoms with Gasteiger partial charge in [0.05, 0.1) is 5.69 Å². The van der Waals surface area contributed by atoms with Crippen LogP contribution < -0.4 is 0 Å². The Kier molecular flexibility index (Phi) is 5.98. The predicted molar refractivity (Wildman–Crippen MR) is 134 cm³/mol. The van der Waals surface area contributed by atoms with Crippen molar-refractivity contribution < 1.29 is 0 Å². The molecule has 0 aliphatic heterocycles. The molecule has 1 nitrogen and oxygen atoms in total. The maximum atomic E-state index is 4.70. The zero-order chi connectivity index (χ0) is 21.1. The molecule has 0 N–H and O–H groups in total. The molecule has 2 aliphatic carbocycles. The smallest absolute Gasteiger partial charge is 0.115 e. The van der Waals surface area contributed by atoms with E-state index in [4.69, 9.17) is 4.98 Å². The lowest BCUT2D eigenvalue weighted by molar-refractivity contribution is 0.176. The van der Waals surface area contributed by atoms with Crippen LogP contribution in [0.5, 0.6) is 0 Å². The zero-order valence-electron chi connectivity index (χ0n) is 18.9. The van der Waals surface area contributed by atoms with Gasteiger partial charge in [-0.2, -0.15) is 0 Å². The molecular formula is C29H34BN. The number of pyridine rings is 1. The van der Waals surface area contributed by atoms with Crippen LogP contribution in [-0.4, -0.2) is 12.8 Å². The van der Waals surface area contributed by atoms with Crippen LogP contribution in [0.2, 0.25) is 0 Å². The average molecular weight is 407 g/mol. The molecule has 0 bridgehead atoms. The summed E-state index contributed by atoms with van der Waals surface area (Å²) in [5, 5.41) is 0.346. The highest BCUT2D eigenvalue weighted by atomic mass is 14.7. The second-order valence-electron chi connectivity index (χ2n) is 10.2. The third-order valence-electron chi connectivity index (χ3n) is 8.20. The van der Waals surface area contributed by atoms with Gasteiger partial charge >= 0.3 is 0 Å². The van der Waals surface area contributed by atoms with Gasteiger partial charge < -0.3 is 0 Å². The highest BCUT2D eigenvalue weighted by molar-refractivity contribution is 6.16. The van der Waals surface area contributed by atoms with Crippen LogP contribution >= 0.6 is 0 Å². The third kappa shape index (κ3) is 4.49. The topological polar surface area (TPSA) is 12.9 Å². The molecule has 2 aliphatic rings. The van der Waals surface area contributed by atoms with E-state index >= 15 is 0 Å². The maximum absolute atomic E-state index is 4.70. The number of rotatable bonds is 4. The SMILES string of the molecule is BC1(c2ccc(-c3ccc(-c4ccccc4)nc3)cc2)CCC(C2CCCCC2)CC1. The van der Waals surface area contributed by atoms with Crippen molar-refractivity contribution in [2.75, 3.05) is 0 Å². The first-order chi connectivity index (χ1) is 15.2. The first kappa shape index (κ1) is 20.6. The predicted octanol–water partition coefficient (Wildman–Crippen LogP) is 7.01. The van der Waals surface area contributed by atoms with E-state index in [0.717, 1.165) is 17.5 Å². The molecule has 31 heavy (non-hydrogen) atoms. The van der Waals surface area contributed by atoms with Crippen LogP contribution in [0.4, 0.5) is 0 Å². The minimum Gasteiger partial charge on any atom is -0.256 e. The zero-order valence-corrected chi connectivity index (χ0v) is 18.9. The molecule has 0 spiro atoms. The Morgan fingerprint density at radius 2 is 1.29 bits per heavy atom. The number of aromatic nitrogens is 1. The quantitative estimate of drug-likeness (QED) is 0.424. The van der Waals surface area contributed by atoms with Gasteiger partial charge in [-0.25, -0.2) is 0 Å². The molecule has 0 unspecified atom stereocenters. The minimum absolute atomic E-state index is 0.346. The molecule has 158 valence electrons. The summed E-state index contributed by atoms with van der Waals surface area (Å²) in [6, 6.07) is 24.1. The summed E-state index contributed by atoms with van der Waals surface area (Å²) in [5.74, 6) is 2.01. The van der Waals surface area contributed by atoms with Crippen molar-refractivity contribution in [3.8, 4) is 22.4 Å². The van der Waals surface area contributed by atoms with Crippen molar-refractivity contribution >= 4 is 7.85 Å². The molecule has 0 amide bonds. The fourth-order valence-electron chi connectivity index (χ4n) is 6.05. The van der Waals surface area contributed by atoms with Gasteiger partial charge in [-0.3, -0.25) is 4.98 Å². The molecule has 0 saturated heterocycles. The Bertz CT molecular complexity index is 964. The number of nitrogens with zero attached hydrogens (tertiary/aromatic N) is 1. The van der Waals surface area contributed by atoms with E-state index in [0.29, 0.717) is 5.31 Å². The minimum atomic E-state index is 0.346. The molecule has 1 heterocycles. The van der Waals surface area contributed by atoms with Crippen molar-refractivity contribution in [2.24, 2.45) is 11.8 Å². The lowest BCUT2D eigenvalue weighted by Crippen LogP contribution is -2.34. The van der Waals surface area contributed by atoms with Crippen molar-refractivity contribution in [3.05, 3.63) is 78.5 Å². The summed E-state index contributed by atoms with van der Waals surface area (Å²) in [6.07, 6.45) is 15.0. The van der Waals surface area contributed by atoms with Crippen molar-refractivity contribution in [3.63, 3.8) is 0 Å². The largest absolute Gasteiger partial charge is 0.256 e. The standard InChI is InChI=1S/C29H34BN/c30-29(19-17-24(18-20-29)22-7-3-1-4-8-22)27-14-11-23(12-15-27)26-13-16-28(31-21-26)25-9-5-2-6-10-25/h2,5-6,9-16,21-22,24H,1,3-4,7-8,17-20,30H2. The summed E-state index contributed by atoms with van der Waals surface area (Å²) in [7, 11) is 2.50. The van der Waals surface area contributed by atoms with E-state index in [2.05, 4.69) is 68.5 Å². The average Bonchev–Trinajstić information content (AvgIpc) is 2.86. The molecule has 0 atom stereocenters. The van der Waals surface area contributed by atoms with Crippen LogP contribution in [-0.2, 0) is 5.31 Å². The van der Waals surface area contributed by atoms with Gasteiger partial charge in [-0.1, -0.05) is 118 Å². The molecule has 2 aromatic carbocycles. The lowest BCUT2D eigenvalue weighted by Gasteiger charge is -2.42. The molecular weight excluding hydrogens is 373 g/mol. The molecule has 0 radical (unpaired) electrons. The number of hydrogen-bond acceptors (Lipinski definition) is 1. The van der Waals surface area contributed by atoms with Gasteiger partial charge in [0.1, 0.15) is 7.85 Å². The summed E-state index contributed by atoms with van der Waals surface area (Å²) in [6.45, 7) is 0. The van der Waals surface area contributed by atoms with E-state index in [1.54, 1.807) is 0 Å². The van der Waals surface area contributed by atoms with E-state index < -0.39 is 0 Å². The van der Waals surface area contributed by atoms with Crippen LogP contribution in [0.25, 0.3) is 22.4 Å². The van der Waals surface area contributed by atoms with Crippen molar-refractivity contribution in [1.29, 1.82) is 0 Å². The van der Waals surface area contributed by atoms with Gasteiger partial charge in [-0.15, -0.1) is 0 Å². The van der Waals surface area contributed by atoms with E-state index in [1.165, 1.54) is 80.0 Å². The van der Waals surface area contributed by atoms with Crippen LogP contribution in [0.3, 0.4) is 0 Å². The maximum Gasteiger partial charge on any atom is 0.115 e. The monoisotopic (exact) mass is 407 g/mol. The van der Waals surface area contributed by atoms with Gasteiger partial charge in [0.2, 0.25) is 0 Å². The van der Waals surface area contributed by atoms with Gasteiger partial charge in [-0.05, 0) is 34.3 Å². The summed E-state index contributed by atoms with van der Waals surface area (Å²) in [4.78, 5) is 4.70. The van der Waals surface area contributed by atoms with E-state index in [-0.39, 0.29) is 0 Å². The molecule has 2 saturated carbocycles. The second-order valence-corrected chi connectivity index (χ2v) is 10.2. The number of hydrogen-bond donors (Lipinski definition) is 0. The summed E-state index contributed by atoms with van der Waals surface area (Å²) in [5.41, 5.74) is 6.17. The van der Waals surface area contributed by atoms with E-state index in [9.17, 15) is 0 Å². The Balaban J connectivity index is 1.25. The lowest BCUT2D eigenvalue weighted by atomic mass is 9.54. The Hall–Kier alpha value is -2.35.